The molecule has 1 unspecified atom stereocenters. The average molecular weight is 263 g/mol. The van der Waals surface area contributed by atoms with Crippen LogP contribution in [0.5, 0.6) is 17.2 Å². The van der Waals surface area contributed by atoms with Gasteiger partial charge in [0, 0.05) is 23.4 Å². The van der Waals surface area contributed by atoms with Gasteiger partial charge >= 0.3 is 0 Å². The molecule has 1 heterocycles. The third kappa shape index (κ3) is 1.94. The van der Waals surface area contributed by atoms with Crippen molar-refractivity contribution in [2.45, 2.75) is 37.6 Å². The monoisotopic (exact) mass is 263 g/mol. The average Bonchev–Trinajstić information content (AvgIpc) is 3.21. The maximum absolute atomic E-state index is 6.17. The smallest absolute Gasteiger partial charge is 0.203 e. The fraction of sp³-hybridized carbons (Fsp3) is 0.600. The van der Waals surface area contributed by atoms with E-state index in [1.54, 1.807) is 7.11 Å². The third-order valence-corrected chi connectivity index (χ3v) is 4.27. The molecule has 1 aliphatic carbocycles. The SMILES string of the molecule is COc1c(C2(C(C)N)CC2)ccc2c1OCCCO2. The van der Waals surface area contributed by atoms with E-state index in [0.29, 0.717) is 13.2 Å². The Bertz CT molecular complexity index is 481. The number of hydrogen-bond donors (Lipinski definition) is 1. The van der Waals surface area contributed by atoms with Crippen molar-refractivity contribution in [2.24, 2.45) is 5.73 Å². The van der Waals surface area contributed by atoms with Crippen molar-refractivity contribution in [2.75, 3.05) is 20.3 Å². The molecule has 0 aromatic heterocycles. The Kier molecular flexibility index (Phi) is 3.05. The van der Waals surface area contributed by atoms with Gasteiger partial charge in [0.1, 0.15) is 0 Å². The van der Waals surface area contributed by atoms with Gasteiger partial charge in [0.15, 0.2) is 11.5 Å². The van der Waals surface area contributed by atoms with Crippen LogP contribution in [-0.4, -0.2) is 26.4 Å². The van der Waals surface area contributed by atoms with E-state index in [1.165, 1.54) is 0 Å². The Hall–Kier alpha value is -1.42. The number of fused-ring (bicyclic) bond motifs is 1. The minimum Gasteiger partial charge on any atom is -0.492 e. The fourth-order valence-electron chi connectivity index (χ4n) is 2.91. The molecule has 1 atom stereocenters. The van der Waals surface area contributed by atoms with Crippen LogP contribution < -0.4 is 19.9 Å². The lowest BCUT2D eigenvalue weighted by molar-refractivity contribution is 0.287. The van der Waals surface area contributed by atoms with Crippen LogP contribution in [0.2, 0.25) is 0 Å². The molecule has 2 N–H and O–H groups in total. The number of benzene rings is 1. The lowest BCUT2D eigenvalue weighted by atomic mass is 9.88. The summed E-state index contributed by atoms with van der Waals surface area (Å²) in [7, 11) is 1.69. The molecule has 1 fully saturated rings. The maximum atomic E-state index is 6.17. The van der Waals surface area contributed by atoms with Gasteiger partial charge in [0.2, 0.25) is 5.75 Å². The van der Waals surface area contributed by atoms with Gasteiger partial charge in [-0.3, -0.25) is 0 Å². The van der Waals surface area contributed by atoms with Gasteiger partial charge in [0.25, 0.3) is 0 Å². The van der Waals surface area contributed by atoms with Crippen LogP contribution in [0.3, 0.4) is 0 Å². The predicted molar refractivity (Wildman–Crippen MR) is 73.2 cm³/mol. The van der Waals surface area contributed by atoms with Crippen molar-refractivity contribution in [1.29, 1.82) is 0 Å². The Morgan fingerprint density at radius 3 is 2.63 bits per heavy atom. The van der Waals surface area contributed by atoms with Crippen molar-refractivity contribution in [1.82, 2.24) is 0 Å². The number of rotatable bonds is 3. The zero-order valence-corrected chi connectivity index (χ0v) is 11.6. The first-order valence-electron chi connectivity index (χ1n) is 6.92. The summed E-state index contributed by atoms with van der Waals surface area (Å²) in [5.41, 5.74) is 7.38. The molecule has 0 radical (unpaired) electrons. The van der Waals surface area contributed by atoms with Crippen LogP contribution >= 0.6 is 0 Å². The summed E-state index contributed by atoms with van der Waals surface area (Å²) in [6, 6.07) is 4.19. The lowest BCUT2D eigenvalue weighted by Gasteiger charge is -2.24. The number of methoxy groups -OCH3 is 1. The van der Waals surface area contributed by atoms with Crippen molar-refractivity contribution < 1.29 is 14.2 Å². The zero-order valence-electron chi connectivity index (χ0n) is 11.6. The predicted octanol–water partition coefficient (Wildman–Crippen LogP) is 2.24. The van der Waals surface area contributed by atoms with E-state index in [1.807, 2.05) is 6.07 Å². The van der Waals surface area contributed by atoms with E-state index < -0.39 is 0 Å². The molecule has 4 heteroatoms. The largest absolute Gasteiger partial charge is 0.492 e. The summed E-state index contributed by atoms with van der Waals surface area (Å²) in [6.07, 6.45) is 3.12. The molecule has 0 spiro atoms. The number of hydrogen-bond acceptors (Lipinski definition) is 4. The van der Waals surface area contributed by atoms with Gasteiger partial charge in [-0.25, -0.2) is 0 Å². The molecule has 1 aromatic carbocycles. The summed E-state index contributed by atoms with van der Waals surface area (Å²) in [5.74, 6) is 2.32. The Morgan fingerprint density at radius 2 is 2.00 bits per heavy atom. The van der Waals surface area contributed by atoms with Gasteiger partial charge in [-0.15, -0.1) is 0 Å². The highest BCUT2D eigenvalue weighted by atomic mass is 16.5. The molecule has 0 amide bonds. The highest BCUT2D eigenvalue weighted by Gasteiger charge is 2.50. The molecule has 2 aliphatic rings. The van der Waals surface area contributed by atoms with E-state index >= 15 is 0 Å². The third-order valence-electron chi connectivity index (χ3n) is 4.27. The Morgan fingerprint density at radius 1 is 1.26 bits per heavy atom. The fourth-order valence-corrected chi connectivity index (χ4v) is 2.91. The van der Waals surface area contributed by atoms with E-state index in [9.17, 15) is 0 Å². The van der Waals surface area contributed by atoms with Crippen LogP contribution in [0.1, 0.15) is 31.7 Å². The lowest BCUT2D eigenvalue weighted by Crippen LogP contribution is -2.32. The van der Waals surface area contributed by atoms with Crippen molar-refractivity contribution >= 4 is 0 Å². The summed E-state index contributed by atoms with van der Waals surface area (Å²) in [5, 5.41) is 0. The number of ether oxygens (including phenoxy) is 3. The Labute approximate surface area is 113 Å². The first kappa shape index (κ1) is 12.6. The van der Waals surface area contributed by atoms with Crippen molar-refractivity contribution in [3.05, 3.63) is 17.7 Å². The molecule has 1 aliphatic heterocycles. The van der Waals surface area contributed by atoms with Crippen molar-refractivity contribution in [3.63, 3.8) is 0 Å². The summed E-state index contributed by atoms with van der Waals surface area (Å²) in [4.78, 5) is 0. The molecule has 1 saturated carbocycles. The normalized spacial score (nSPS) is 21.4. The zero-order chi connectivity index (χ0) is 13.5. The minimum atomic E-state index is 0.0516. The second kappa shape index (κ2) is 4.60. The second-order valence-corrected chi connectivity index (χ2v) is 5.47. The van der Waals surface area contributed by atoms with E-state index in [4.69, 9.17) is 19.9 Å². The van der Waals surface area contributed by atoms with Crippen molar-refractivity contribution in [3.8, 4) is 17.2 Å². The molecular formula is C15H21NO3. The first-order valence-corrected chi connectivity index (χ1v) is 6.92. The van der Waals surface area contributed by atoms with Crippen LogP contribution in [0, 0.1) is 0 Å². The van der Waals surface area contributed by atoms with Crippen LogP contribution in [0.25, 0.3) is 0 Å². The van der Waals surface area contributed by atoms with E-state index in [-0.39, 0.29) is 11.5 Å². The maximum Gasteiger partial charge on any atom is 0.203 e. The van der Waals surface area contributed by atoms with Crippen LogP contribution in [-0.2, 0) is 5.41 Å². The Balaban J connectivity index is 2.09. The summed E-state index contributed by atoms with van der Waals surface area (Å²) in [6.45, 7) is 3.42. The molecule has 0 bridgehead atoms. The molecule has 0 saturated heterocycles. The first-order chi connectivity index (χ1) is 9.19. The van der Waals surface area contributed by atoms with Gasteiger partial charge in [-0.2, -0.15) is 0 Å². The number of nitrogens with two attached hydrogens (primary N) is 1. The molecule has 19 heavy (non-hydrogen) atoms. The summed E-state index contributed by atoms with van der Waals surface area (Å²) < 4.78 is 17.1. The summed E-state index contributed by atoms with van der Waals surface area (Å²) >= 11 is 0. The highest BCUT2D eigenvalue weighted by Crippen LogP contribution is 2.56. The minimum absolute atomic E-state index is 0.0516. The highest BCUT2D eigenvalue weighted by molar-refractivity contribution is 5.60. The standard InChI is InChI=1S/C15H21NO3/c1-10(16)15(6-7-15)11-4-5-12-14(13(11)17-2)19-9-3-8-18-12/h4-5,10H,3,6-9,16H2,1-2H3. The van der Waals surface area contributed by atoms with Crippen LogP contribution in [0.4, 0.5) is 0 Å². The molecule has 4 nitrogen and oxygen atoms in total. The topological polar surface area (TPSA) is 53.7 Å². The van der Waals surface area contributed by atoms with Gasteiger partial charge in [-0.05, 0) is 25.8 Å². The second-order valence-electron chi connectivity index (χ2n) is 5.47. The van der Waals surface area contributed by atoms with Gasteiger partial charge in [0.05, 0.1) is 20.3 Å². The van der Waals surface area contributed by atoms with E-state index in [0.717, 1.165) is 42.1 Å². The van der Waals surface area contributed by atoms with Gasteiger partial charge < -0.3 is 19.9 Å². The molecule has 1 aromatic rings. The van der Waals surface area contributed by atoms with E-state index in [2.05, 4.69) is 13.0 Å². The molecule has 3 rings (SSSR count). The molecule has 104 valence electrons. The molecular weight excluding hydrogens is 242 g/mol. The van der Waals surface area contributed by atoms with Crippen LogP contribution in [0.15, 0.2) is 12.1 Å². The van der Waals surface area contributed by atoms with Gasteiger partial charge in [-0.1, -0.05) is 6.07 Å². The quantitative estimate of drug-likeness (QED) is 0.908.